The molecule has 4 nitrogen and oxygen atoms in total. The molecule has 0 spiro atoms. The maximum absolute atomic E-state index is 12.3. The molecule has 0 saturated heterocycles. The molecule has 0 aliphatic carbocycles. The normalized spacial score (nSPS) is 15.2. The molecule has 1 heterocycles. The predicted octanol–water partition coefficient (Wildman–Crippen LogP) is 4.19. The molecule has 0 N–H and O–H groups in total. The largest absolute Gasteiger partial charge is 0.449 e. The van der Waals surface area contributed by atoms with Crippen LogP contribution in [0, 0.1) is 0 Å². The maximum atomic E-state index is 12.3. The van der Waals surface area contributed by atoms with Crippen molar-refractivity contribution < 1.29 is 9.53 Å². The minimum atomic E-state index is -0.352. The van der Waals surface area contributed by atoms with Crippen LogP contribution in [0.4, 0.5) is 11.4 Å². The Balaban J connectivity index is 1.88. The number of ether oxygens (including phenoxy) is 1. The average Bonchev–Trinajstić information content (AvgIpc) is 2.98. The van der Waals surface area contributed by atoms with E-state index in [1.807, 2.05) is 73.6 Å². The Morgan fingerprint density at radius 1 is 1.00 bits per heavy atom. The van der Waals surface area contributed by atoms with Gasteiger partial charge in [0.05, 0.1) is 5.56 Å². The summed E-state index contributed by atoms with van der Waals surface area (Å²) in [5.41, 5.74) is 4.60. The molecule has 26 heavy (non-hydrogen) atoms. The lowest BCUT2D eigenvalue weighted by molar-refractivity contribution is 0.0456. The van der Waals surface area contributed by atoms with Crippen LogP contribution in [0.1, 0.15) is 27.6 Å². The molecule has 134 valence electrons. The number of hydrogen-bond donors (Lipinski definition) is 0. The van der Waals surface area contributed by atoms with Gasteiger partial charge in [-0.15, -0.1) is 13.2 Å². The second kappa shape index (κ2) is 7.48. The Kier molecular flexibility index (Phi) is 5.12. The number of rotatable bonds is 7. The highest BCUT2D eigenvalue weighted by molar-refractivity contribution is 5.95. The second-order valence-corrected chi connectivity index (χ2v) is 6.53. The zero-order valence-electron chi connectivity index (χ0n) is 15.3. The molecule has 1 aliphatic heterocycles. The molecule has 0 bridgehead atoms. The summed E-state index contributed by atoms with van der Waals surface area (Å²) in [7, 11) is 3.91. The quantitative estimate of drug-likeness (QED) is 0.555. The van der Waals surface area contributed by atoms with Crippen LogP contribution >= 0.6 is 0 Å². The SMILES string of the molecule is C=CCN(CC=C)c1ccc(C2OC(=O)c3cc(N(C)C)ccc32)cc1. The van der Waals surface area contributed by atoms with Crippen LogP contribution in [0.2, 0.25) is 0 Å². The van der Waals surface area contributed by atoms with Crippen LogP contribution in [-0.4, -0.2) is 33.2 Å². The van der Waals surface area contributed by atoms with Gasteiger partial charge in [-0.25, -0.2) is 4.79 Å². The number of carbonyl (C=O) groups excluding carboxylic acids is 1. The van der Waals surface area contributed by atoms with Crippen LogP contribution < -0.4 is 9.80 Å². The molecule has 1 unspecified atom stereocenters. The third kappa shape index (κ3) is 3.36. The van der Waals surface area contributed by atoms with E-state index < -0.39 is 0 Å². The number of carbonyl (C=O) groups is 1. The van der Waals surface area contributed by atoms with Gasteiger partial charge in [0.25, 0.3) is 0 Å². The highest BCUT2D eigenvalue weighted by Crippen LogP contribution is 2.37. The summed E-state index contributed by atoms with van der Waals surface area (Å²) < 4.78 is 5.64. The fraction of sp³-hybridized carbons (Fsp3) is 0.227. The van der Waals surface area contributed by atoms with E-state index in [1.165, 1.54) is 0 Å². The van der Waals surface area contributed by atoms with E-state index in [2.05, 4.69) is 18.1 Å². The highest BCUT2D eigenvalue weighted by atomic mass is 16.5. The zero-order valence-corrected chi connectivity index (χ0v) is 15.3. The number of fused-ring (bicyclic) bond motifs is 1. The Hall–Kier alpha value is -3.01. The molecule has 1 atom stereocenters. The second-order valence-electron chi connectivity index (χ2n) is 6.53. The fourth-order valence-electron chi connectivity index (χ4n) is 3.17. The summed E-state index contributed by atoms with van der Waals surface area (Å²) in [5, 5.41) is 0. The van der Waals surface area contributed by atoms with Gasteiger partial charge in [-0.1, -0.05) is 30.4 Å². The number of benzene rings is 2. The van der Waals surface area contributed by atoms with Crippen LogP contribution in [0.3, 0.4) is 0 Å². The van der Waals surface area contributed by atoms with Gasteiger partial charge in [-0.3, -0.25) is 0 Å². The molecular formula is C22H24N2O2. The third-order valence-corrected chi connectivity index (χ3v) is 4.54. The van der Waals surface area contributed by atoms with E-state index in [1.54, 1.807) is 0 Å². The van der Waals surface area contributed by atoms with Crippen LogP contribution in [0.25, 0.3) is 0 Å². The molecule has 2 aromatic rings. The van der Waals surface area contributed by atoms with Gasteiger partial charge in [0.1, 0.15) is 0 Å². The number of anilines is 2. The van der Waals surface area contributed by atoms with Crippen LogP contribution in [0.15, 0.2) is 67.8 Å². The lowest BCUT2D eigenvalue weighted by Crippen LogP contribution is -2.22. The molecule has 0 amide bonds. The maximum Gasteiger partial charge on any atom is 0.339 e. The summed E-state index contributed by atoms with van der Waals surface area (Å²) in [4.78, 5) is 16.4. The van der Waals surface area contributed by atoms with Gasteiger partial charge in [0.15, 0.2) is 6.10 Å². The summed E-state index contributed by atoms with van der Waals surface area (Å²) in [6.45, 7) is 9.11. The highest BCUT2D eigenvalue weighted by Gasteiger charge is 2.32. The van der Waals surface area contributed by atoms with Crippen molar-refractivity contribution in [3.05, 3.63) is 84.5 Å². The van der Waals surface area contributed by atoms with Gasteiger partial charge in [-0.05, 0) is 29.8 Å². The third-order valence-electron chi connectivity index (χ3n) is 4.54. The van der Waals surface area contributed by atoms with Crippen molar-refractivity contribution in [1.29, 1.82) is 0 Å². The minimum Gasteiger partial charge on any atom is -0.449 e. The van der Waals surface area contributed by atoms with Crippen LogP contribution in [-0.2, 0) is 4.74 Å². The summed E-state index contributed by atoms with van der Waals surface area (Å²) in [6.07, 6.45) is 3.39. The predicted molar refractivity (Wildman–Crippen MR) is 107 cm³/mol. The van der Waals surface area contributed by atoms with Gasteiger partial charge < -0.3 is 14.5 Å². The Morgan fingerprint density at radius 2 is 1.62 bits per heavy atom. The van der Waals surface area contributed by atoms with Crippen molar-refractivity contribution in [3.8, 4) is 0 Å². The van der Waals surface area contributed by atoms with Crippen molar-refractivity contribution >= 4 is 17.3 Å². The Bertz CT molecular complexity index is 815. The van der Waals surface area contributed by atoms with Crippen molar-refractivity contribution in [2.45, 2.75) is 6.10 Å². The summed E-state index contributed by atoms with van der Waals surface area (Å²) in [5.74, 6) is -0.266. The first-order chi connectivity index (χ1) is 12.5. The molecule has 1 aliphatic rings. The standard InChI is InChI=1S/C22H24N2O2/c1-5-13-24(14-6-2)17-9-7-16(8-10-17)21-19-12-11-18(23(3)4)15-20(19)22(25)26-21/h5-12,15,21H,1-2,13-14H2,3-4H3. The summed E-state index contributed by atoms with van der Waals surface area (Å²) in [6, 6.07) is 14.0. The van der Waals surface area contributed by atoms with E-state index in [0.717, 1.165) is 35.6 Å². The smallest absolute Gasteiger partial charge is 0.339 e. The summed E-state index contributed by atoms with van der Waals surface area (Å²) >= 11 is 0. The van der Waals surface area contributed by atoms with Crippen molar-refractivity contribution in [3.63, 3.8) is 0 Å². The van der Waals surface area contributed by atoms with Gasteiger partial charge in [-0.2, -0.15) is 0 Å². The van der Waals surface area contributed by atoms with E-state index in [9.17, 15) is 4.79 Å². The van der Waals surface area contributed by atoms with Gasteiger partial charge in [0, 0.05) is 44.1 Å². The molecule has 3 rings (SSSR count). The average molecular weight is 348 g/mol. The topological polar surface area (TPSA) is 32.8 Å². The van der Waals surface area contributed by atoms with Crippen molar-refractivity contribution in [1.82, 2.24) is 0 Å². The van der Waals surface area contributed by atoms with Gasteiger partial charge >= 0.3 is 5.97 Å². The van der Waals surface area contributed by atoms with E-state index in [4.69, 9.17) is 4.74 Å². The molecule has 0 saturated carbocycles. The molecule has 0 fully saturated rings. The Morgan fingerprint density at radius 3 is 2.19 bits per heavy atom. The monoisotopic (exact) mass is 348 g/mol. The number of esters is 1. The van der Waals surface area contributed by atoms with E-state index >= 15 is 0 Å². The number of hydrogen-bond acceptors (Lipinski definition) is 4. The zero-order chi connectivity index (χ0) is 18.7. The first-order valence-electron chi connectivity index (χ1n) is 8.64. The molecule has 4 heteroatoms. The number of nitrogens with zero attached hydrogens (tertiary/aromatic N) is 2. The first kappa shape index (κ1) is 17.8. The molecule has 0 radical (unpaired) electrons. The fourth-order valence-corrected chi connectivity index (χ4v) is 3.17. The van der Waals surface area contributed by atoms with E-state index in [0.29, 0.717) is 5.56 Å². The van der Waals surface area contributed by atoms with E-state index in [-0.39, 0.29) is 12.1 Å². The van der Waals surface area contributed by atoms with Gasteiger partial charge in [0.2, 0.25) is 0 Å². The lowest BCUT2D eigenvalue weighted by Gasteiger charge is -2.22. The number of cyclic esters (lactones) is 1. The Labute approximate surface area is 155 Å². The molecular weight excluding hydrogens is 324 g/mol. The van der Waals surface area contributed by atoms with Crippen molar-refractivity contribution in [2.75, 3.05) is 37.0 Å². The minimum absolute atomic E-state index is 0.266. The first-order valence-corrected chi connectivity index (χ1v) is 8.64. The van der Waals surface area contributed by atoms with Crippen LogP contribution in [0.5, 0.6) is 0 Å². The molecule has 2 aromatic carbocycles. The van der Waals surface area contributed by atoms with Crippen molar-refractivity contribution in [2.24, 2.45) is 0 Å². The molecule has 0 aromatic heterocycles. The lowest BCUT2D eigenvalue weighted by atomic mass is 9.98.